The van der Waals surface area contributed by atoms with Crippen molar-refractivity contribution < 1.29 is 33.7 Å². The number of rotatable bonds is 7. The summed E-state index contributed by atoms with van der Waals surface area (Å²) in [6, 6.07) is 5.24. The van der Waals surface area contributed by atoms with Gasteiger partial charge in [0, 0.05) is 5.69 Å². The van der Waals surface area contributed by atoms with Crippen LogP contribution in [0.1, 0.15) is 34.1 Å². The Balaban J connectivity index is 1.75. The van der Waals surface area contributed by atoms with Gasteiger partial charge in [-0.05, 0) is 57.4 Å². The van der Waals surface area contributed by atoms with Crippen LogP contribution in [0.2, 0.25) is 0 Å². The summed E-state index contributed by atoms with van der Waals surface area (Å²) in [5.41, 5.74) is -1.55. The molecule has 9 nitrogen and oxygen atoms in total. The Hall–Kier alpha value is -2.65. The van der Waals surface area contributed by atoms with Crippen molar-refractivity contribution in [3.63, 3.8) is 0 Å². The second-order valence-corrected chi connectivity index (χ2v) is 9.45. The number of hydrogen-bond donors (Lipinski definition) is 2. The minimum atomic E-state index is -1.18. The number of methoxy groups -OCH3 is 1. The molecule has 1 aromatic rings. The number of carbonyl (C=O) groups excluding carboxylic acids is 3. The van der Waals surface area contributed by atoms with Crippen molar-refractivity contribution in [3.8, 4) is 5.75 Å². The molecule has 2 bridgehead atoms. The average molecular weight is 461 g/mol. The largest absolute Gasteiger partial charge is 0.497 e. The molecule has 0 radical (unpaired) electrons. The van der Waals surface area contributed by atoms with Gasteiger partial charge in [0.05, 0.1) is 37.9 Å². The van der Waals surface area contributed by atoms with Gasteiger partial charge < -0.3 is 29.5 Å². The maximum Gasteiger partial charge on any atom is 0.312 e. The number of fused-ring (bicyclic) bond motifs is 1. The van der Waals surface area contributed by atoms with Crippen molar-refractivity contribution in [2.75, 3.05) is 25.6 Å². The van der Waals surface area contributed by atoms with Gasteiger partial charge in [0.2, 0.25) is 11.8 Å². The summed E-state index contributed by atoms with van der Waals surface area (Å²) < 4.78 is 17.0. The Morgan fingerprint density at radius 3 is 2.58 bits per heavy atom. The predicted molar refractivity (Wildman–Crippen MR) is 118 cm³/mol. The zero-order valence-electron chi connectivity index (χ0n) is 19.7. The highest BCUT2D eigenvalue weighted by molar-refractivity contribution is 6.03. The van der Waals surface area contributed by atoms with E-state index < -0.39 is 47.0 Å². The van der Waals surface area contributed by atoms with Gasteiger partial charge in [-0.1, -0.05) is 6.92 Å². The monoisotopic (exact) mass is 460 g/mol. The number of benzene rings is 1. The quantitative estimate of drug-likeness (QED) is 0.594. The fraction of sp³-hybridized carbons (Fsp3) is 0.625. The first kappa shape index (κ1) is 23.5. The predicted octanol–water partition coefficient (Wildman–Crippen LogP) is 1.59. The molecule has 3 saturated heterocycles. The van der Waals surface area contributed by atoms with E-state index in [1.54, 1.807) is 45.2 Å². The lowest BCUT2D eigenvalue weighted by Gasteiger charge is -2.36. The molecule has 7 atom stereocenters. The van der Waals surface area contributed by atoms with E-state index >= 15 is 0 Å². The first-order valence-electron chi connectivity index (χ1n) is 11.4. The molecular weight excluding hydrogens is 428 g/mol. The van der Waals surface area contributed by atoms with Crippen LogP contribution in [0.5, 0.6) is 5.75 Å². The van der Waals surface area contributed by atoms with Gasteiger partial charge in [-0.15, -0.1) is 0 Å². The van der Waals surface area contributed by atoms with Gasteiger partial charge in [-0.25, -0.2) is 0 Å². The Morgan fingerprint density at radius 2 is 2.00 bits per heavy atom. The van der Waals surface area contributed by atoms with Crippen LogP contribution < -0.4 is 10.1 Å². The summed E-state index contributed by atoms with van der Waals surface area (Å²) in [6.07, 6.45) is 0.450. The minimum absolute atomic E-state index is 0.0726. The third-order valence-electron chi connectivity index (χ3n) is 7.64. The molecule has 2 amide bonds. The number of aliphatic hydroxyl groups excluding tert-OH is 1. The zero-order valence-corrected chi connectivity index (χ0v) is 19.7. The van der Waals surface area contributed by atoms with E-state index in [1.807, 2.05) is 13.8 Å². The lowest BCUT2D eigenvalue weighted by Crippen LogP contribution is -2.56. The smallest absolute Gasteiger partial charge is 0.312 e. The van der Waals surface area contributed by atoms with Crippen LogP contribution in [-0.4, -0.2) is 71.4 Å². The van der Waals surface area contributed by atoms with Crippen molar-refractivity contribution in [1.82, 2.24) is 4.90 Å². The Bertz CT molecular complexity index is 951. The molecule has 0 saturated carbocycles. The second-order valence-electron chi connectivity index (χ2n) is 9.45. The summed E-state index contributed by atoms with van der Waals surface area (Å²) in [4.78, 5) is 41.8. The summed E-state index contributed by atoms with van der Waals surface area (Å²) in [6.45, 7) is 7.06. The Kier molecular flexibility index (Phi) is 5.90. The maximum absolute atomic E-state index is 13.7. The van der Waals surface area contributed by atoms with Crippen molar-refractivity contribution in [1.29, 1.82) is 0 Å². The molecular formula is C24H32N2O7. The zero-order chi connectivity index (χ0) is 24.1. The molecule has 0 aliphatic carbocycles. The molecule has 1 aromatic carbocycles. The number of anilines is 1. The highest BCUT2D eigenvalue weighted by Gasteiger charge is 2.80. The highest BCUT2D eigenvalue weighted by atomic mass is 16.6. The number of hydrogen-bond acceptors (Lipinski definition) is 7. The molecule has 3 aliphatic rings. The van der Waals surface area contributed by atoms with Crippen LogP contribution in [0, 0.1) is 17.8 Å². The fourth-order valence-electron chi connectivity index (χ4n) is 6.01. The molecule has 3 aliphatic heterocycles. The molecule has 33 heavy (non-hydrogen) atoms. The molecule has 9 heteroatoms. The number of ether oxygens (including phenoxy) is 3. The number of nitrogens with zero attached hydrogens (tertiary/aromatic N) is 1. The molecule has 2 N–H and O–H groups in total. The Morgan fingerprint density at radius 1 is 1.33 bits per heavy atom. The lowest BCUT2D eigenvalue weighted by molar-refractivity contribution is -0.161. The van der Waals surface area contributed by atoms with Crippen LogP contribution in [0.4, 0.5) is 5.69 Å². The third kappa shape index (κ3) is 3.32. The number of esters is 1. The number of carbonyl (C=O) groups is 3. The van der Waals surface area contributed by atoms with Gasteiger partial charge in [0.15, 0.2) is 0 Å². The second kappa shape index (κ2) is 8.29. The first-order valence-corrected chi connectivity index (χ1v) is 11.4. The summed E-state index contributed by atoms with van der Waals surface area (Å²) in [5.74, 6) is -2.36. The van der Waals surface area contributed by atoms with E-state index in [0.29, 0.717) is 17.9 Å². The summed E-state index contributed by atoms with van der Waals surface area (Å²) in [7, 11) is 1.56. The Labute approximate surface area is 193 Å². The SMILES string of the molecule is CCOC(=O)[C@@H]1[C@H]2C(=O)N([C@H](C)CO)C(C(=O)Nc3ccc(OC)cc3)C23CC(C)[C@@]1(C)O3. The fourth-order valence-corrected chi connectivity index (χ4v) is 6.01. The normalized spacial score (nSPS) is 35.3. The average Bonchev–Trinajstić information content (AvgIpc) is 3.30. The number of likely N-dealkylation sites (tertiary alicyclic amines) is 1. The molecule has 0 aromatic heterocycles. The molecule has 3 unspecified atom stereocenters. The van der Waals surface area contributed by atoms with Gasteiger partial charge in [-0.2, -0.15) is 0 Å². The van der Waals surface area contributed by atoms with E-state index in [0.717, 1.165) is 0 Å². The maximum atomic E-state index is 13.7. The molecule has 3 fully saturated rings. The van der Waals surface area contributed by atoms with E-state index in [1.165, 1.54) is 4.90 Å². The summed E-state index contributed by atoms with van der Waals surface area (Å²) in [5, 5.41) is 12.8. The van der Waals surface area contributed by atoms with Crippen LogP contribution in [0.25, 0.3) is 0 Å². The van der Waals surface area contributed by atoms with Crippen LogP contribution in [0.15, 0.2) is 24.3 Å². The number of nitrogens with one attached hydrogen (secondary N) is 1. The minimum Gasteiger partial charge on any atom is -0.497 e. The first-order chi connectivity index (χ1) is 15.6. The highest BCUT2D eigenvalue weighted by Crippen LogP contribution is 2.65. The van der Waals surface area contributed by atoms with Crippen LogP contribution in [0.3, 0.4) is 0 Å². The van der Waals surface area contributed by atoms with E-state index in [2.05, 4.69) is 5.32 Å². The van der Waals surface area contributed by atoms with Crippen molar-refractivity contribution in [2.24, 2.45) is 17.8 Å². The van der Waals surface area contributed by atoms with Crippen molar-refractivity contribution >= 4 is 23.5 Å². The van der Waals surface area contributed by atoms with E-state index in [-0.39, 0.29) is 25.0 Å². The molecule has 1 spiro atoms. The van der Waals surface area contributed by atoms with Crippen LogP contribution in [-0.2, 0) is 23.9 Å². The molecule has 3 heterocycles. The standard InChI is InChI=1S/C24H32N2O7/c1-6-32-22(30)18-17-21(29)26(14(3)12-27)19(24(17)11-13(2)23(18,4)33-24)20(28)25-15-7-9-16(31-5)10-8-15/h7-10,13-14,17-19,27H,6,11-12H2,1-5H3,(H,25,28)/t13?,14-,17+,18+,19?,23-,24?/m1/s1. The molecule has 4 rings (SSSR count). The van der Waals surface area contributed by atoms with Gasteiger partial charge in [0.25, 0.3) is 0 Å². The van der Waals surface area contributed by atoms with Crippen molar-refractivity contribution in [2.45, 2.75) is 57.4 Å². The van der Waals surface area contributed by atoms with Crippen LogP contribution >= 0.6 is 0 Å². The number of aliphatic hydroxyl groups is 1. The van der Waals surface area contributed by atoms with Gasteiger partial charge >= 0.3 is 5.97 Å². The van der Waals surface area contributed by atoms with Crippen molar-refractivity contribution in [3.05, 3.63) is 24.3 Å². The lowest BCUT2D eigenvalue weighted by atomic mass is 9.62. The topological polar surface area (TPSA) is 114 Å². The molecule has 180 valence electrons. The number of amides is 2. The van der Waals surface area contributed by atoms with Gasteiger partial charge in [-0.3, -0.25) is 14.4 Å². The summed E-state index contributed by atoms with van der Waals surface area (Å²) >= 11 is 0. The van der Waals surface area contributed by atoms with E-state index in [9.17, 15) is 19.5 Å². The van der Waals surface area contributed by atoms with Gasteiger partial charge in [0.1, 0.15) is 23.3 Å². The third-order valence-corrected chi connectivity index (χ3v) is 7.64. The van der Waals surface area contributed by atoms with E-state index in [4.69, 9.17) is 14.2 Å².